The van der Waals surface area contributed by atoms with Crippen molar-refractivity contribution in [3.05, 3.63) is 42.1 Å². The van der Waals surface area contributed by atoms with Gasteiger partial charge in [-0.25, -0.2) is 4.98 Å². The molecule has 2 bridgehead atoms. The average Bonchev–Trinajstić information content (AvgIpc) is 3.10. The molecule has 1 N–H and O–H groups in total. The first kappa shape index (κ1) is 20.9. The van der Waals surface area contributed by atoms with E-state index in [1.807, 2.05) is 11.0 Å². The number of anilines is 4. The summed E-state index contributed by atoms with van der Waals surface area (Å²) < 4.78 is 11.6. The Bertz CT molecular complexity index is 1020. The van der Waals surface area contributed by atoms with Gasteiger partial charge in [-0.2, -0.15) is 0 Å². The van der Waals surface area contributed by atoms with Crippen LogP contribution in [-0.2, 0) is 20.8 Å². The number of benzene rings is 1. The Balaban J connectivity index is 1.34. The number of rotatable bonds is 3. The lowest BCUT2D eigenvalue weighted by Crippen LogP contribution is -2.43. The van der Waals surface area contributed by atoms with E-state index in [1.165, 1.54) is 0 Å². The van der Waals surface area contributed by atoms with E-state index in [2.05, 4.69) is 39.5 Å². The van der Waals surface area contributed by atoms with Crippen LogP contribution in [0.1, 0.15) is 44.1 Å². The minimum atomic E-state index is 0.0327. The van der Waals surface area contributed by atoms with Crippen molar-refractivity contribution in [3.8, 4) is 0 Å². The summed E-state index contributed by atoms with van der Waals surface area (Å²) in [6.45, 7) is 2.36. The molecular formula is C26H32N4O3. The molecular weight excluding hydrogens is 416 g/mol. The average molecular weight is 449 g/mol. The molecule has 0 spiro atoms. The Morgan fingerprint density at radius 3 is 2.64 bits per heavy atom. The fourth-order valence-electron chi connectivity index (χ4n) is 5.90. The standard InChI is InChI=1S/C26H32N4O3/c1-32-20-7-4-17(5-8-20)26(31)30-14-18-3-2-12-27-25(18)28-23-11-6-19(13-24(23)30)29-15-21-9-10-22(16-29)33-21/h2-3,6,11-13,17,20-22H,4-5,7-10,14-16H2,1H3,(H,27,28)/t17-,20-,21-,22?/m1/s1. The van der Waals surface area contributed by atoms with Gasteiger partial charge in [-0.1, -0.05) is 6.07 Å². The predicted molar refractivity (Wildman–Crippen MR) is 128 cm³/mol. The van der Waals surface area contributed by atoms with Gasteiger partial charge in [0.1, 0.15) is 5.82 Å². The second kappa shape index (κ2) is 8.61. The minimum Gasteiger partial charge on any atom is -0.381 e. The highest BCUT2D eigenvalue weighted by Gasteiger charge is 2.36. The molecule has 7 heteroatoms. The summed E-state index contributed by atoms with van der Waals surface area (Å²) in [6, 6.07) is 10.5. The molecule has 4 heterocycles. The molecule has 0 radical (unpaired) electrons. The van der Waals surface area contributed by atoms with Crippen molar-refractivity contribution in [1.82, 2.24) is 4.98 Å². The van der Waals surface area contributed by atoms with Crippen LogP contribution in [0.3, 0.4) is 0 Å². The van der Waals surface area contributed by atoms with Gasteiger partial charge in [-0.05, 0) is 62.8 Å². The van der Waals surface area contributed by atoms with E-state index < -0.39 is 0 Å². The number of carbonyl (C=O) groups is 1. The van der Waals surface area contributed by atoms with E-state index in [0.717, 1.165) is 80.1 Å². The SMILES string of the molecule is CO[C@H]1CC[C@H](C(=O)N2Cc3cccnc3Nc3ccc(N4CC5CC[C@H](C4)O5)cc32)CC1. The molecule has 7 nitrogen and oxygen atoms in total. The summed E-state index contributed by atoms with van der Waals surface area (Å²) in [7, 11) is 1.77. The van der Waals surface area contributed by atoms with Crippen molar-refractivity contribution in [2.75, 3.05) is 35.3 Å². The van der Waals surface area contributed by atoms with Gasteiger partial charge < -0.3 is 24.6 Å². The normalized spacial score (nSPS) is 28.5. The first-order valence-electron chi connectivity index (χ1n) is 12.3. The number of amides is 1. The third-order valence-electron chi connectivity index (χ3n) is 7.78. The fourth-order valence-corrected chi connectivity index (χ4v) is 5.90. The summed E-state index contributed by atoms with van der Waals surface area (Å²) >= 11 is 0. The second-order valence-electron chi connectivity index (χ2n) is 9.83. The van der Waals surface area contributed by atoms with Crippen LogP contribution in [0.4, 0.5) is 22.9 Å². The van der Waals surface area contributed by atoms with Gasteiger partial charge in [0.2, 0.25) is 5.91 Å². The van der Waals surface area contributed by atoms with E-state index in [-0.39, 0.29) is 17.9 Å². The Morgan fingerprint density at radius 2 is 1.88 bits per heavy atom. The van der Waals surface area contributed by atoms with Crippen molar-refractivity contribution < 1.29 is 14.3 Å². The summed E-state index contributed by atoms with van der Waals surface area (Å²) in [4.78, 5) is 22.8. The molecule has 1 unspecified atom stereocenters. The van der Waals surface area contributed by atoms with Gasteiger partial charge in [0.25, 0.3) is 0 Å². The largest absolute Gasteiger partial charge is 0.381 e. The number of hydrogen-bond donors (Lipinski definition) is 1. The maximum Gasteiger partial charge on any atom is 0.230 e. The highest BCUT2D eigenvalue weighted by Crippen LogP contribution is 2.40. The van der Waals surface area contributed by atoms with Crippen molar-refractivity contribution in [2.24, 2.45) is 5.92 Å². The van der Waals surface area contributed by atoms with Crippen molar-refractivity contribution >= 4 is 28.8 Å². The van der Waals surface area contributed by atoms with Crippen molar-refractivity contribution in [3.63, 3.8) is 0 Å². The third kappa shape index (κ3) is 3.97. The van der Waals surface area contributed by atoms with Crippen LogP contribution >= 0.6 is 0 Å². The quantitative estimate of drug-likeness (QED) is 0.758. The van der Waals surface area contributed by atoms with Gasteiger partial charge in [-0.15, -0.1) is 0 Å². The van der Waals surface area contributed by atoms with Gasteiger partial charge in [0, 0.05) is 43.6 Å². The number of carbonyl (C=O) groups excluding carboxylic acids is 1. The zero-order valence-corrected chi connectivity index (χ0v) is 19.2. The number of aromatic nitrogens is 1. The Kier molecular flexibility index (Phi) is 5.46. The van der Waals surface area contributed by atoms with Crippen LogP contribution in [0, 0.1) is 5.92 Å². The molecule has 2 aromatic rings. The number of nitrogens with one attached hydrogen (secondary N) is 1. The Labute approximate surface area is 195 Å². The molecule has 6 rings (SSSR count). The molecule has 2 atom stereocenters. The second-order valence-corrected chi connectivity index (χ2v) is 9.83. The first-order valence-corrected chi connectivity index (χ1v) is 12.3. The molecule has 2 saturated heterocycles. The highest BCUT2D eigenvalue weighted by atomic mass is 16.5. The number of nitrogens with zero attached hydrogens (tertiary/aromatic N) is 3. The number of morpholine rings is 1. The molecule has 1 aromatic heterocycles. The molecule has 1 aromatic carbocycles. The summed E-state index contributed by atoms with van der Waals surface area (Å²) in [5.41, 5.74) is 4.09. The molecule has 1 aliphatic carbocycles. The van der Waals surface area contributed by atoms with Crippen LogP contribution in [-0.4, -0.2) is 49.4 Å². The van der Waals surface area contributed by atoms with E-state index in [0.29, 0.717) is 18.8 Å². The number of hydrogen-bond acceptors (Lipinski definition) is 6. The van der Waals surface area contributed by atoms with Gasteiger partial charge in [0.15, 0.2) is 0 Å². The number of fused-ring (bicyclic) bond motifs is 4. The zero-order chi connectivity index (χ0) is 22.4. The molecule has 3 fully saturated rings. The number of methoxy groups -OCH3 is 1. The Morgan fingerprint density at radius 1 is 1.09 bits per heavy atom. The lowest BCUT2D eigenvalue weighted by molar-refractivity contribution is -0.124. The van der Waals surface area contributed by atoms with E-state index in [4.69, 9.17) is 9.47 Å². The molecule has 174 valence electrons. The lowest BCUT2D eigenvalue weighted by atomic mass is 9.86. The maximum atomic E-state index is 13.9. The van der Waals surface area contributed by atoms with Crippen molar-refractivity contribution in [1.29, 1.82) is 0 Å². The van der Waals surface area contributed by atoms with Crippen LogP contribution in [0.2, 0.25) is 0 Å². The molecule has 1 amide bonds. The number of pyridine rings is 1. The van der Waals surface area contributed by atoms with Crippen LogP contribution in [0.15, 0.2) is 36.5 Å². The Hall–Kier alpha value is -2.64. The monoisotopic (exact) mass is 448 g/mol. The van der Waals surface area contributed by atoms with Gasteiger partial charge in [0.05, 0.1) is 36.2 Å². The van der Waals surface area contributed by atoms with Crippen LogP contribution in [0.5, 0.6) is 0 Å². The van der Waals surface area contributed by atoms with E-state index in [9.17, 15) is 4.79 Å². The summed E-state index contributed by atoms with van der Waals surface area (Å²) in [6.07, 6.45) is 8.65. The third-order valence-corrected chi connectivity index (χ3v) is 7.78. The van der Waals surface area contributed by atoms with Crippen LogP contribution < -0.4 is 15.1 Å². The highest BCUT2D eigenvalue weighted by molar-refractivity contribution is 6.00. The number of ether oxygens (including phenoxy) is 2. The van der Waals surface area contributed by atoms with Crippen molar-refractivity contribution in [2.45, 2.75) is 63.4 Å². The molecule has 33 heavy (non-hydrogen) atoms. The first-order chi connectivity index (χ1) is 16.2. The maximum absolute atomic E-state index is 13.9. The molecule has 3 aliphatic heterocycles. The van der Waals surface area contributed by atoms with Gasteiger partial charge >= 0.3 is 0 Å². The molecule has 4 aliphatic rings. The minimum absolute atomic E-state index is 0.0327. The predicted octanol–water partition coefficient (Wildman–Crippen LogP) is 4.24. The van der Waals surface area contributed by atoms with Crippen LogP contribution in [0.25, 0.3) is 0 Å². The van der Waals surface area contributed by atoms with E-state index >= 15 is 0 Å². The smallest absolute Gasteiger partial charge is 0.230 e. The topological polar surface area (TPSA) is 66.9 Å². The summed E-state index contributed by atoms with van der Waals surface area (Å²) in [5, 5.41) is 3.50. The lowest BCUT2D eigenvalue weighted by Gasteiger charge is -2.35. The van der Waals surface area contributed by atoms with E-state index in [1.54, 1.807) is 13.3 Å². The zero-order valence-electron chi connectivity index (χ0n) is 19.2. The summed E-state index contributed by atoms with van der Waals surface area (Å²) in [5.74, 6) is 1.07. The molecule has 1 saturated carbocycles. The fraction of sp³-hybridized carbons (Fsp3) is 0.538. The van der Waals surface area contributed by atoms with Gasteiger partial charge in [-0.3, -0.25) is 4.79 Å².